The number of fused-ring (bicyclic) bond motifs is 1. The smallest absolute Gasteiger partial charge is 0.341 e. The third-order valence-corrected chi connectivity index (χ3v) is 5.05. The number of benzene rings is 1. The van der Waals surface area contributed by atoms with E-state index >= 15 is 0 Å². The second-order valence-corrected chi connectivity index (χ2v) is 6.66. The maximum atomic E-state index is 12.6. The van der Waals surface area contributed by atoms with Crippen molar-refractivity contribution >= 4 is 22.6 Å². The summed E-state index contributed by atoms with van der Waals surface area (Å²) in [4.78, 5) is 26.3. The molecule has 1 saturated heterocycles. The lowest BCUT2D eigenvalue weighted by atomic mass is 10.0. The predicted octanol–water partition coefficient (Wildman–Crippen LogP) is 1.75. The first-order valence-electron chi connectivity index (χ1n) is 8.45. The lowest BCUT2D eigenvalue weighted by Crippen LogP contribution is -2.43. The molecule has 2 N–H and O–H groups in total. The van der Waals surface area contributed by atoms with Crippen molar-refractivity contribution in [3.8, 4) is 0 Å². The normalized spacial score (nSPS) is 18.1. The molecule has 1 aliphatic heterocycles. The third kappa shape index (κ3) is 2.38. The van der Waals surface area contributed by atoms with Gasteiger partial charge in [-0.15, -0.1) is 0 Å². The summed E-state index contributed by atoms with van der Waals surface area (Å²) in [6, 6.07) is 4.07. The van der Waals surface area contributed by atoms with Crippen molar-refractivity contribution < 1.29 is 9.90 Å². The Balaban J connectivity index is 1.97. The number of carboxylic acid groups (broad SMARTS) is 1. The fourth-order valence-corrected chi connectivity index (χ4v) is 3.65. The van der Waals surface area contributed by atoms with E-state index in [9.17, 15) is 14.7 Å². The van der Waals surface area contributed by atoms with Gasteiger partial charge in [0.15, 0.2) is 0 Å². The molecule has 0 amide bonds. The van der Waals surface area contributed by atoms with E-state index in [1.165, 1.54) is 0 Å². The van der Waals surface area contributed by atoms with Crippen LogP contribution in [0.1, 0.15) is 34.8 Å². The fraction of sp³-hybridized carbons (Fsp3) is 0.444. The number of carboxylic acids is 1. The predicted molar refractivity (Wildman–Crippen MR) is 93.3 cm³/mol. The molecule has 126 valence electrons. The van der Waals surface area contributed by atoms with Gasteiger partial charge in [0.05, 0.1) is 5.52 Å². The van der Waals surface area contributed by atoms with E-state index in [1.54, 1.807) is 12.3 Å². The molecule has 1 aliphatic carbocycles. The summed E-state index contributed by atoms with van der Waals surface area (Å²) in [6.45, 7) is 5.81. The Morgan fingerprint density at radius 1 is 1.25 bits per heavy atom. The first kappa shape index (κ1) is 15.2. The van der Waals surface area contributed by atoms with Gasteiger partial charge in [0.25, 0.3) is 0 Å². The first-order valence-corrected chi connectivity index (χ1v) is 8.45. The summed E-state index contributed by atoms with van der Waals surface area (Å²) in [5.41, 5.74) is 2.58. The molecule has 1 aromatic carbocycles. The molecule has 2 fully saturated rings. The topological polar surface area (TPSA) is 74.6 Å². The van der Waals surface area contributed by atoms with Crippen LogP contribution in [0, 0.1) is 6.92 Å². The molecule has 0 bridgehead atoms. The van der Waals surface area contributed by atoms with E-state index in [1.807, 2.05) is 17.6 Å². The van der Waals surface area contributed by atoms with E-state index in [4.69, 9.17) is 0 Å². The van der Waals surface area contributed by atoms with E-state index in [0.29, 0.717) is 11.4 Å². The molecule has 24 heavy (non-hydrogen) atoms. The van der Waals surface area contributed by atoms with Crippen LogP contribution < -0.4 is 15.6 Å². The zero-order valence-electron chi connectivity index (χ0n) is 13.7. The Morgan fingerprint density at radius 2 is 1.96 bits per heavy atom. The Bertz CT molecular complexity index is 877. The molecule has 1 aromatic heterocycles. The van der Waals surface area contributed by atoms with Crippen LogP contribution in [-0.2, 0) is 0 Å². The highest BCUT2D eigenvalue weighted by Gasteiger charge is 2.28. The molecule has 6 nitrogen and oxygen atoms in total. The van der Waals surface area contributed by atoms with Crippen molar-refractivity contribution in [3.63, 3.8) is 0 Å². The molecular formula is C18H21N3O3. The van der Waals surface area contributed by atoms with Crippen LogP contribution in [-0.4, -0.2) is 41.8 Å². The average molecular weight is 327 g/mol. The summed E-state index contributed by atoms with van der Waals surface area (Å²) < 4.78 is 2.02. The Morgan fingerprint density at radius 3 is 2.58 bits per heavy atom. The van der Waals surface area contributed by atoms with Crippen molar-refractivity contribution in [2.24, 2.45) is 0 Å². The van der Waals surface area contributed by atoms with Crippen molar-refractivity contribution in [1.29, 1.82) is 0 Å². The highest BCUT2D eigenvalue weighted by molar-refractivity contribution is 5.95. The molecule has 4 rings (SSSR count). The van der Waals surface area contributed by atoms with Gasteiger partial charge in [-0.05, 0) is 37.5 Å². The van der Waals surface area contributed by atoms with Gasteiger partial charge >= 0.3 is 5.97 Å². The number of aryl methyl sites for hydroxylation is 1. The van der Waals surface area contributed by atoms with E-state index in [0.717, 1.165) is 55.8 Å². The number of nitrogens with one attached hydrogen (secondary N) is 1. The second-order valence-electron chi connectivity index (χ2n) is 6.66. The van der Waals surface area contributed by atoms with Crippen molar-refractivity contribution in [2.45, 2.75) is 25.8 Å². The van der Waals surface area contributed by atoms with Crippen LogP contribution in [0.2, 0.25) is 0 Å². The van der Waals surface area contributed by atoms with Crippen LogP contribution in [0.5, 0.6) is 0 Å². The summed E-state index contributed by atoms with van der Waals surface area (Å²) >= 11 is 0. The average Bonchev–Trinajstić information content (AvgIpc) is 3.41. The van der Waals surface area contributed by atoms with Crippen LogP contribution in [0.25, 0.3) is 10.9 Å². The number of piperazine rings is 1. The van der Waals surface area contributed by atoms with Crippen LogP contribution in [0.3, 0.4) is 0 Å². The largest absolute Gasteiger partial charge is 0.477 e. The second kappa shape index (κ2) is 5.63. The van der Waals surface area contributed by atoms with Crippen molar-refractivity contribution in [1.82, 2.24) is 9.88 Å². The van der Waals surface area contributed by atoms with Crippen LogP contribution >= 0.6 is 0 Å². The van der Waals surface area contributed by atoms with Gasteiger partial charge in [-0.1, -0.05) is 0 Å². The molecule has 0 atom stereocenters. The Hall–Kier alpha value is -2.34. The minimum atomic E-state index is -1.15. The Labute approximate surface area is 139 Å². The van der Waals surface area contributed by atoms with E-state index < -0.39 is 5.97 Å². The molecule has 0 unspecified atom stereocenters. The van der Waals surface area contributed by atoms with E-state index in [-0.39, 0.29) is 11.0 Å². The minimum Gasteiger partial charge on any atom is -0.477 e. The highest BCUT2D eigenvalue weighted by Crippen LogP contribution is 2.39. The first-order chi connectivity index (χ1) is 11.6. The van der Waals surface area contributed by atoms with Gasteiger partial charge in [0, 0.05) is 49.5 Å². The van der Waals surface area contributed by atoms with Crippen molar-refractivity contribution in [3.05, 3.63) is 39.7 Å². The SMILES string of the molecule is Cc1c(N2CCNCC2)ccc2c(=O)c(C(=O)O)cn(C3CC3)c12. The number of nitrogens with zero attached hydrogens (tertiary/aromatic N) is 2. The molecule has 1 saturated carbocycles. The fourth-order valence-electron chi connectivity index (χ4n) is 3.65. The molecule has 2 aliphatic rings. The number of rotatable bonds is 3. The molecule has 0 radical (unpaired) electrons. The number of aromatic carboxylic acids is 1. The van der Waals surface area contributed by atoms with Gasteiger partial charge in [0.1, 0.15) is 5.56 Å². The van der Waals surface area contributed by atoms with Gasteiger partial charge in [-0.25, -0.2) is 4.79 Å². The molecule has 2 aromatic rings. The lowest BCUT2D eigenvalue weighted by Gasteiger charge is -2.31. The molecule has 6 heteroatoms. The molecule has 0 spiro atoms. The highest BCUT2D eigenvalue weighted by atomic mass is 16.4. The van der Waals surface area contributed by atoms with Crippen molar-refractivity contribution in [2.75, 3.05) is 31.1 Å². The number of hydrogen-bond acceptors (Lipinski definition) is 4. The maximum Gasteiger partial charge on any atom is 0.341 e. The summed E-state index contributed by atoms with van der Waals surface area (Å²) in [5, 5.41) is 13.2. The number of hydrogen-bond donors (Lipinski definition) is 2. The summed E-state index contributed by atoms with van der Waals surface area (Å²) in [6.07, 6.45) is 3.61. The lowest BCUT2D eigenvalue weighted by molar-refractivity contribution is 0.0695. The van der Waals surface area contributed by atoms with Gasteiger partial charge in [0.2, 0.25) is 5.43 Å². The monoisotopic (exact) mass is 327 g/mol. The number of pyridine rings is 1. The summed E-state index contributed by atoms with van der Waals surface area (Å²) in [5.74, 6) is -1.15. The van der Waals surface area contributed by atoms with Gasteiger partial charge in [-0.2, -0.15) is 0 Å². The third-order valence-electron chi connectivity index (χ3n) is 5.05. The Kier molecular flexibility index (Phi) is 3.57. The van der Waals surface area contributed by atoms with Gasteiger partial charge < -0.3 is 19.9 Å². The van der Waals surface area contributed by atoms with Crippen LogP contribution in [0.15, 0.2) is 23.1 Å². The zero-order chi connectivity index (χ0) is 16.8. The molecular weight excluding hydrogens is 306 g/mol. The maximum absolute atomic E-state index is 12.6. The summed E-state index contributed by atoms with van der Waals surface area (Å²) in [7, 11) is 0. The molecule has 2 heterocycles. The number of anilines is 1. The number of aromatic nitrogens is 1. The number of carbonyl (C=O) groups is 1. The quantitative estimate of drug-likeness (QED) is 0.898. The minimum absolute atomic E-state index is 0.135. The standard InChI is InChI=1S/C18H21N3O3/c1-11-15(20-8-6-19-7-9-20)5-4-13-16(11)21(12-2-3-12)10-14(17(13)22)18(23)24/h4-5,10,12,19H,2-3,6-9H2,1H3,(H,23,24). The zero-order valence-corrected chi connectivity index (χ0v) is 13.7. The van der Waals surface area contributed by atoms with Crippen LogP contribution in [0.4, 0.5) is 5.69 Å². The van der Waals surface area contributed by atoms with E-state index in [2.05, 4.69) is 10.2 Å². The van der Waals surface area contributed by atoms with Gasteiger partial charge in [-0.3, -0.25) is 4.79 Å².